The minimum Gasteiger partial charge on any atom is -0.317 e. The van der Waals surface area contributed by atoms with Crippen LogP contribution in [0.2, 0.25) is 0 Å². The van der Waals surface area contributed by atoms with Gasteiger partial charge in [0, 0.05) is 5.25 Å². The van der Waals surface area contributed by atoms with Gasteiger partial charge in [-0.25, -0.2) is 0 Å². The molecule has 0 spiro atoms. The summed E-state index contributed by atoms with van der Waals surface area (Å²) in [4.78, 5) is 0. The van der Waals surface area contributed by atoms with Crippen LogP contribution < -0.4 is 5.32 Å². The maximum absolute atomic E-state index is 3.51. The summed E-state index contributed by atoms with van der Waals surface area (Å²) in [5.41, 5.74) is 0. The van der Waals surface area contributed by atoms with E-state index in [0.717, 1.165) is 11.2 Å². The highest BCUT2D eigenvalue weighted by atomic mass is 32.2. The fourth-order valence-electron chi connectivity index (χ4n) is 1.26. The van der Waals surface area contributed by atoms with Gasteiger partial charge in [0.2, 0.25) is 0 Å². The van der Waals surface area contributed by atoms with Gasteiger partial charge in [0.05, 0.1) is 0 Å². The third kappa shape index (κ3) is 5.04. The zero-order chi connectivity index (χ0) is 8.81. The summed E-state index contributed by atoms with van der Waals surface area (Å²) in [7, 11) is 0. The summed E-state index contributed by atoms with van der Waals surface area (Å²) >= 11 is 1.96. The summed E-state index contributed by atoms with van der Waals surface area (Å²) in [6, 6.07) is 0. The number of hydrogen-bond acceptors (Lipinski definition) is 2. The van der Waals surface area contributed by atoms with Gasteiger partial charge in [-0.2, -0.15) is 11.8 Å². The molecule has 1 saturated carbocycles. The van der Waals surface area contributed by atoms with Gasteiger partial charge in [0.15, 0.2) is 0 Å². The molecule has 1 aliphatic rings. The Morgan fingerprint density at radius 2 is 2.17 bits per heavy atom. The minimum atomic E-state index is 0.818. The van der Waals surface area contributed by atoms with E-state index in [1.807, 2.05) is 11.8 Å². The Hall–Kier alpha value is 0.310. The summed E-state index contributed by atoms with van der Waals surface area (Å²) in [5.74, 6) is 1.08. The lowest BCUT2D eigenvalue weighted by Crippen LogP contribution is -2.19. The van der Waals surface area contributed by atoms with E-state index < -0.39 is 0 Å². The lowest BCUT2D eigenvalue weighted by molar-refractivity contribution is 0.595. The molecule has 0 heterocycles. The number of thioether (sulfide) groups is 1. The highest BCUT2D eigenvalue weighted by Crippen LogP contribution is 2.31. The second-order valence-corrected chi connectivity index (χ2v) is 5.09. The van der Waals surface area contributed by atoms with Gasteiger partial charge in [0.1, 0.15) is 0 Å². The summed E-state index contributed by atoms with van der Waals surface area (Å²) in [6.45, 7) is 4.74. The quantitative estimate of drug-likeness (QED) is 0.615. The molecule has 0 amide bonds. The van der Waals surface area contributed by atoms with Crippen molar-refractivity contribution in [2.75, 3.05) is 19.3 Å². The Kier molecular flexibility index (Phi) is 5.08. The molecule has 1 aliphatic carbocycles. The van der Waals surface area contributed by atoms with Crippen LogP contribution in [0.5, 0.6) is 0 Å². The van der Waals surface area contributed by atoms with E-state index in [0.29, 0.717) is 0 Å². The fourth-order valence-corrected chi connectivity index (χ4v) is 1.61. The molecular weight excluding hydrogens is 166 g/mol. The first-order chi connectivity index (χ1) is 5.83. The van der Waals surface area contributed by atoms with E-state index in [-0.39, 0.29) is 0 Å². The Bertz CT molecular complexity index is 112. The van der Waals surface area contributed by atoms with Gasteiger partial charge in [-0.05, 0) is 38.1 Å². The Morgan fingerprint density at radius 3 is 2.75 bits per heavy atom. The molecule has 1 unspecified atom stereocenters. The smallest absolute Gasteiger partial charge is 0.00280 e. The van der Waals surface area contributed by atoms with Crippen LogP contribution in [0.25, 0.3) is 0 Å². The number of rotatable bonds is 7. The standard InChI is InChI=1S/C10H21NS/c1-9(12-2)5-7-11-8-6-10-3-4-10/h9-11H,3-8H2,1-2H3. The second kappa shape index (κ2) is 5.87. The lowest BCUT2D eigenvalue weighted by Gasteiger charge is -2.08. The Morgan fingerprint density at radius 1 is 1.42 bits per heavy atom. The van der Waals surface area contributed by atoms with Crippen molar-refractivity contribution in [2.45, 2.75) is 37.9 Å². The van der Waals surface area contributed by atoms with E-state index in [9.17, 15) is 0 Å². The Balaban J connectivity index is 1.75. The van der Waals surface area contributed by atoms with E-state index >= 15 is 0 Å². The molecule has 1 atom stereocenters. The Labute approximate surface area is 80.7 Å². The third-order valence-electron chi connectivity index (χ3n) is 2.56. The van der Waals surface area contributed by atoms with Gasteiger partial charge >= 0.3 is 0 Å². The molecule has 2 heteroatoms. The topological polar surface area (TPSA) is 12.0 Å². The van der Waals surface area contributed by atoms with Gasteiger partial charge in [0.25, 0.3) is 0 Å². The zero-order valence-electron chi connectivity index (χ0n) is 8.31. The molecule has 1 nitrogen and oxygen atoms in total. The molecule has 0 aromatic heterocycles. The predicted molar refractivity (Wildman–Crippen MR) is 57.8 cm³/mol. The summed E-state index contributed by atoms with van der Waals surface area (Å²) < 4.78 is 0. The highest BCUT2D eigenvalue weighted by Gasteiger charge is 2.19. The molecule has 0 radical (unpaired) electrons. The van der Waals surface area contributed by atoms with Crippen LogP contribution in [-0.4, -0.2) is 24.6 Å². The van der Waals surface area contributed by atoms with Gasteiger partial charge in [-0.15, -0.1) is 0 Å². The van der Waals surface area contributed by atoms with Crippen LogP contribution in [0.3, 0.4) is 0 Å². The van der Waals surface area contributed by atoms with Crippen molar-refractivity contribution in [2.24, 2.45) is 5.92 Å². The average molecular weight is 187 g/mol. The molecule has 1 N–H and O–H groups in total. The summed E-state index contributed by atoms with van der Waals surface area (Å²) in [6.07, 6.45) is 7.89. The molecule has 0 aliphatic heterocycles. The van der Waals surface area contributed by atoms with Crippen molar-refractivity contribution < 1.29 is 0 Å². The SMILES string of the molecule is CSC(C)CCNCCC1CC1. The minimum absolute atomic E-state index is 0.818. The maximum atomic E-state index is 3.51. The molecule has 0 aromatic rings. The predicted octanol–water partition coefficient (Wildman–Crippen LogP) is 2.52. The average Bonchev–Trinajstić information content (AvgIpc) is 2.87. The molecule has 72 valence electrons. The van der Waals surface area contributed by atoms with E-state index in [4.69, 9.17) is 0 Å². The molecule has 1 rings (SSSR count). The van der Waals surface area contributed by atoms with Crippen molar-refractivity contribution >= 4 is 11.8 Å². The first kappa shape index (κ1) is 10.4. The van der Waals surface area contributed by atoms with Crippen molar-refractivity contribution in [3.8, 4) is 0 Å². The molecule has 1 fully saturated rings. The van der Waals surface area contributed by atoms with Crippen LogP contribution in [0.15, 0.2) is 0 Å². The van der Waals surface area contributed by atoms with Crippen molar-refractivity contribution in [3.63, 3.8) is 0 Å². The normalized spacial score (nSPS) is 19.5. The van der Waals surface area contributed by atoms with Crippen LogP contribution in [0.1, 0.15) is 32.6 Å². The van der Waals surface area contributed by atoms with Gasteiger partial charge < -0.3 is 5.32 Å². The van der Waals surface area contributed by atoms with Crippen molar-refractivity contribution in [1.82, 2.24) is 5.32 Å². The van der Waals surface area contributed by atoms with Crippen LogP contribution in [0, 0.1) is 5.92 Å². The largest absolute Gasteiger partial charge is 0.317 e. The number of hydrogen-bond donors (Lipinski definition) is 1. The molecule has 0 saturated heterocycles. The lowest BCUT2D eigenvalue weighted by atomic mass is 10.3. The molecule has 0 aromatic carbocycles. The van der Waals surface area contributed by atoms with Crippen LogP contribution in [0.4, 0.5) is 0 Å². The van der Waals surface area contributed by atoms with E-state index in [1.165, 1.54) is 38.8 Å². The third-order valence-corrected chi connectivity index (χ3v) is 3.60. The summed E-state index contributed by atoms with van der Waals surface area (Å²) in [5, 5.41) is 4.33. The maximum Gasteiger partial charge on any atom is 0.00280 e. The monoisotopic (exact) mass is 187 g/mol. The van der Waals surface area contributed by atoms with Crippen molar-refractivity contribution in [1.29, 1.82) is 0 Å². The molecule has 12 heavy (non-hydrogen) atoms. The second-order valence-electron chi connectivity index (χ2n) is 3.82. The number of nitrogens with one attached hydrogen (secondary N) is 1. The highest BCUT2D eigenvalue weighted by molar-refractivity contribution is 7.99. The fraction of sp³-hybridized carbons (Fsp3) is 1.00. The van der Waals surface area contributed by atoms with E-state index in [1.54, 1.807) is 0 Å². The van der Waals surface area contributed by atoms with Gasteiger partial charge in [-0.3, -0.25) is 0 Å². The van der Waals surface area contributed by atoms with Crippen LogP contribution >= 0.6 is 11.8 Å². The first-order valence-corrected chi connectivity index (χ1v) is 6.35. The molecular formula is C10H21NS. The van der Waals surface area contributed by atoms with Crippen molar-refractivity contribution in [3.05, 3.63) is 0 Å². The molecule has 0 bridgehead atoms. The van der Waals surface area contributed by atoms with Crippen LogP contribution in [-0.2, 0) is 0 Å². The van der Waals surface area contributed by atoms with Gasteiger partial charge in [-0.1, -0.05) is 19.8 Å². The zero-order valence-corrected chi connectivity index (χ0v) is 9.12. The van der Waals surface area contributed by atoms with E-state index in [2.05, 4.69) is 18.5 Å². The first-order valence-electron chi connectivity index (χ1n) is 5.06.